The second-order valence-electron chi connectivity index (χ2n) is 2.02. The number of rotatable bonds is 0. The molecule has 0 aliphatic rings. The Kier molecular flexibility index (Phi) is 430. The molecule has 0 aliphatic heterocycles. The first-order chi connectivity index (χ1) is 9.90. The maximum absolute atomic E-state index is 8.93. The van der Waals surface area contributed by atoms with Crippen LogP contribution in [0.15, 0.2) is 0 Å². The van der Waals surface area contributed by atoms with Gasteiger partial charge in [0.1, 0.15) is 0 Å². The summed E-state index contributed by atoms with van der Waals surface area (Å²) in [5.41, 5.74) is 0. The number of hydrogen-bond acceptors (Lipinski definition) is 7. The van der Waals surface area contributed by atoms with E-state index >= 15 is 0 Å². The van der Waals surface area contributed by atoms with Crippen LogP contribution in [0.4, 0.5) is 0 Å². The second-order valence-corrected chi connectivity index (χ2v) is 2.02. The zero-order valence-electron chi connectivity index (χ0n) is 15.6. The molecule has 0 aliphatic carbocycles. The van der Waals surface area contributed by atoms with Crippen molar-refractivity contribution in [1.29, 1.82) is 0 Å². The molecule has 23 heavy (non-hydrogen) atoms. The molecule has 0 bridgehead atoms. The van der Waals surface area contributed by atoms with E-state index in [1.165, 1.54) is 0 Å². The van der Waals surface area contributed by atoms with Gasteiger partial charge in [-0.15, -0.1) is 46.2 Å². The van der Waals surface area contributed by atoms with Crippen molar-refractivity contribution in [2.24, 2.45) is 0 Å². The first-order valence-electron chi connectivity index (χ1n) is 6.97. The number of hydrogen-bond donors (Lipinski definition) is 0. The Hall–Kier alpha value is 0.941. The van der Waals surface area contributed by atoms with Crippen LogP contribution in [-0.2, 0) is 38.4 Å². The van der Waals surface area contributed by atoms with Crippen LogP contribution in [0.25, 0.3) is 0 Å². The minimum absolute atomic E-state index is 0. The van der Waals surface area contributed by atoms with Crippen molar-refractivity contribution < 1.29 is 74.2 Å². The van der Waals surface area contributed by atoms with Crippen LogP contribution in [0.5, 0.6) is 0 Å². The van der Waals surface area contributed by atoms with Gasteiger partial charge < -0.3 is 35.7 Å². The van der Waals surface area contributed by atoms with Crippen molar-refractivity contribution in [2.45, 2.75) is 48.5 Å². The predicted octanol–water partition coefficient (Wildman–Crippen LogP) is -4.44. The van der Waals surface area contributed by atoms with Gasteiger partial charge >= 0.3 is 17.4 Å². The SMILES string of the molecule is CC[O-].CC[O-].CC[O-].CC[O-].CC[O-].CC[O-].CC[O-].[Cr+3].[W]. The van der Waals surface area contributed by atoms with Crippen LogP contribution in [0, 0.1) is 0 Å². The molecular formula is C14H35CrO7W-4. The van der Waals surface area contributed by atoms with Crippen LogP contribution < -0.4 is 35.7 Å². The van der Waals surface area contributed by atoms with E-state index in [9.17, 15) is 0 Å². The summed E-state index contributed by atoms with van der Waals surface area (Å²) in [6.45, 7) is 11.0. The van der Waals surface area contributed by atoms with E-state index in [4.69, 9.17) is 35.7 Å². The summed E-state index contributed by atoms with van der Waals surface area (Å²) in [5.74, 6) is 0. The topological polar surface area (TPSA) is 161 Å². The van der Waals surface area contributed by atoms with Gasteiger partial charge in [0, 0.05) is 21.1 Å². The third-order valence-corrected chi connectivity index (χ3v) is 0. The molecule has 9 heteroatoms. The van der Waals surface area contributed by atoms with Gasteiger partial charge in [-0.2, -0.15) is 0 Å². The van der Waals surface area contributed by atoms with Gasteiger partial charge in [-0.05, 0) is 0 Å². The summed E-state index contributed by atoms with van der Waals surface area (Å²) in [4.78, 5) is 0. The fourth-order valence-electron chi connectivity index (χ4n) is 0. The standard InChI is InChI=1S/7C2H5O.Cr.W/c7*1-2-3;;/h7*2H2,1H3;;/q7*-1;+3;. The smallest absolute Gasteiger partial charge is 0.855 e. The van der Waals surface area contributed by atoms with Gasteiger partial charge in [0.2, 0.25) is 0 Å². The van der Waals surface area contributed by atoms with Crippen molar-refractivity contribution in [2.75, 3.05) is 46.2 Å². The van der Waals surface area contributed by atoms with Crippen molar-refractivity contribution in [3.05, 3.63) is 0 Å². The Labute approximate surface area is 168 Å². The maximum Gasteiger partial charge on any atom is 3.00 e. The monoisotopic (exact) mass is 551 g/mol. The third-order valence-electron chi connectivity index (χ3n) is 0. The molecule has 0 saturated heterocycles. The van der Waals surface area contributed by atoms with Gasteiger partial charge in [-0.3, -0.25) is 0 Å². The Balaban J connectivity index is -0.0000000140. The van der Waals surface area contributed by atoms with Crippen molar-refractivity contribution >= 4 is 0 Å². The molecule has 0 fully saturated rings. The summed E-state index contributed by atoms with van der Waals surface area (Å²) in [5, 5.41) is 62.5. The fourth-order valence-corrected chi connectivity index (χ4v) is 0. The van der Waals surface area contributed by atoms with Crippen LogP contribution in [0.3, 0.4) is 0 Å². The Bertz CT molecular complexity index is 50.7. The van der Waals surface area contributed by atoms with Gasteiger partial charge in [-0.25, -0.2) is 0 Å². The molecule has 7 nitrogen and oxygen atoms in total. The summed E-state index contributed by atoms with van der Waals surface area (Å²) < 4.78 is 0. The summed E-state index contributed by atoms with van der Waals surface area (Å²) in [7, 11) is 0. The van der Waals surface area contributed by atoms with Crippen LogP contribution in [0.2, 0.25) is 0 Å². The molecular weight excluding hydrogens is 516 g/mol. The maximum atomic E-state index is 8.93. The van der Waals surface area contributed by atoms with E-state index in [1.807, 2.05) is 0 Å². The van der Waals surface area contributed by atoms with Crippen LogP contribution >= 0.6 is 0 Å². The molecule has 0 aromatic rings. The average Bonchev–Trinajstić information content (AvgIpc) is 2.35. The molecule has 0 heterocycles. The van der Waals surface area contributed by atoms with Gasteiger partial charge in [0.15, 0.2) is 0 Å². The van der Waals surface area contributed by atoms with Gasteiger partial charge in [-0.1, -0.05) is 48.5 Å². The van der Waals surface area contributed by atoms with Crippen LogP contribution in [-0.4, -0.2) is 46.2 Å². The van der Waals surface area contributed by atoms with Crippen LogP contribution in [0.1, 0.15) is 48.5 Å². The van der Waals surface area contributed by atoms with E-state index in [0.29, 0.717) is 0 Å². The molecule has 0 saturated carbocycles. The second kappa shape index (κ2) is 175. The molecule has 0 amide bonds. The Morgan fingerprint density at radius 2 is 0.348 bits per heavy atom. The average molecular weight is 551 g/mol. The summed E-state index contributed by atoms with van der Waals surface area (Å²) >= 11 is 0. The third kappa shape index (κ3) is 11400. The largest absolute Gasteiger partial charge is 3.00 e. The Morgan fingerprint density at radius 3 is 0.348 bits per heavy atom. The van der Waals surface area contributed by atoms with E-state index in [-0.39, 0.29) is 84.7 Å². The zero-order chi connectivity index (χ0) is 18.9. The Morgan fingerprint density at radius 1 is 0.348 bits per heavy atom. The van der Waals surface area contributed by atoms with Crippen molar-refractivity contribution in [3.63, 3.8) is 0 Å². The van der Waals surface area contributed by atoms with E-state index in [2.05, 4.69) is 0 Å². The quantitative estimate of drug-likeness (QED) is 0.294. The molecule has 0 N–H and O–H groups in total. The minimum Gasteiger partial charge on any atom is -0.855 e. The van der Waals surface area contributed by atoms with Crippen molar-refractivity contribution in [3.8, 4) is 0 Å². The minimum atomic E-state index is 0. The summed E-state index contributed by atoms with van der Waals surface area (Å²) in [6.07, 6.45) is 0. The molecule has 1 radical (unpaired) electrons. The van der Waals surface area contributed by atoms with Crippen molar-refractivity contribution in [1.82, 2.24) is 0 Å². The van der Waals surface area contributed by atoms with E-state index < -0.39 is 0 Å². The molecule has 149 valence electrons. The fraction of sp³-hybridized carbons (Fsp3) is 1.00. The zero-order valence-corrected chi connectivity index (χ0v) is 19.8. The molecule has 0 aromatic heterocycles. The molecule has 0 rings (SSSR count). The van der Waals surface area contributed by atoms with E-state index in [0.717, 1.165) is 0 Å². The predicted molar refractivity (Wildman–Crippen MR) is 73.8 cm³/mol. The van der Waals surface area contributed by atoms with Gasteiger partial charge in [0.05, 0.1) is 0 Å². The first-order valence-corrected chi connectivity index (χ1v) is 6.97. The first kappa shape index (κ1) is 56.4. The summed E-state index contributed by atoms with van der Waals surface area (Å²) in [6, 6.07) is 0. The van der Waals surface area contributed by atoms with E-state index in [1.54, 1.807) is 48.5 Å². The normalized spacial score (nSPS) is 5.48. The molecule has 0 atom stereocenters. The molecule has 0 unspecified atom stereocenters. The molecule has 0 aromatic carbocycles. The molecule has 0 spiro atoms. The van der Waals surface area contributed by atoms with Gasteiger partial charge in [0.25, 0.3) is 0 Å².